The average Bonchev–Trinajstić information content (AvgIpc) is 3.13. The largest absolute Gasteiger partial charge is 0.309 e. The van der Waals surface area contributed by atoms with Gasteiger partial charge in [-0.25, -0.2) is 4.98 Å². The first-order valence-corrected chi connectivity index (χ1v) is 10.3. The third-order valence-corrected chi connectivity index (χ3v) is 6.28. The Morgan fingerprint density at radius 1 is 1.31 bits per heavy atom. The zero-order valence-corrected chi connectivity index (χ0v) is 17.7. The van der Waals surface area contributed by atoms with Crippen molar-refractivity contribution in [3.05, 3.63) is 58.4 Å². The molecule has 0 spiro atoms. The molecule has 3 aromatic rings. The summed E-state index contributed by atoms with van der Waals surface area (Å²) in [6.45, 7) is 4.15. The van der Waals surface area contributed by atoms with Gasteiger partial charge in [0.25, 0.3) is 5.56 Å². The molecule has 0 amide bonds. The summed E-state index contributed by atoms with van der Waals surface area (Å²) in [6.07, 6.45) is 6.50. The molecule has 2 aromatic heterocycles. The number of hydrogen-bond acceptors (Lipinski definition) is 5. The molecule has 1 unspecified atom stereocenters. The summed E-state index contributed by atoms with van der Waals surface area (Å²) in [6, 6.07) is 7.88. The van der Waals surface area contributed by atoms with Crippen LogP contribution in [0.4, 0.5) is 0 Å². The zero-order chi connectivity index (χ0) is 20.5. The minimum Gasteiger partial charge on any atom is -0.309 e. The predicted octanol–water partition coefficient (Wildman–Crippen LogP) is 2.73. The smallest absolute Gasteiger partial charge is 0.258 e. The van der Waals surface area contributed by atoms with E-state index in [9.17, 15) is 4.79 Å². The van der Waals surface area contributed by atoms with Crippen molar-refractivity contribution in [3.8, 4) is 0 Å². The number of likely N-dealkylation sites (tertiary alicyclic amines) is 1. The molecule has 1 fully saturated rings. The first kappa shape index (κ1) is 19.8. The van der Waals surface area contributed by atoms with Crippen LogP contribution >= 0.6 is 0 Å². The first-order chi connectivity index (χ1) is 13.9. The standard InChI is InChI=1S/C22H30N6O/c1-15(21-24-19-10-6-5-9-18(19)22(29)25-21)27(3)13-16-8-7-11-26(2)20(16)17-12-23-28(4)14-17/h5-6,9-10,12,14-16,20H,7-8,11,13H2,1-4H3,(H,24,25,29)/t15?,16-,20+/m0/s1. The van der Waals surface area contributed by atoms with Gasteiger partial charge in [-0.15, -0.1) is 0 Å². The van der Waals surface area contributed by atoms with E-state index in [0.717, 1.165) is 24.4 Å². The summed E-state index contributed by atoms with van der Waals surface area (Å²) < 4.78 is 1.88. The number of piperidine rings is 1. The van der Waals surface area contributed by atoms with Crippen LogP contribution in [0.25, 0.3) is 10.9 Å². The molecule has 154 valence electrons. The Morgan fingerprint density at radius 3 is 2.86 bits per heavy atom. The maximum absolute atomic E-state index is 12.5. The minimum absolute atomic E-state index is 0.0223. The molecular weight excluding hydrogens is 364 g/mol. The van der Waals surface area contributed by atoms with E-state index < -0.39 is 0 Å². The highest BCUT2D eigenvalue weighted by Crippen LogP contribution is 2.36. The van der Waals surface area contributed by atoms with Crippen molar-refractivity contribution < 1.29 is 0 Å². The van der Waals surface area contributed by atoms with Gasteiger partial charge in [0.2, 0.25) is 0 Å². The van der Waals surface area contributed by atoms with E-state index in [1.165, 1.54) is 18.4 Å². The van der Waals surface area contributed by atoms with Crippen LogP contribution in [0.5, 0.6) is 0 Å². The summed E-state index contributed by atoms with van der Waals surface area (Å²) in [7, 11) is 6.29. The van der Waals surface area contributed by atoms with Crippen molar-refractivity contribution in [3.63, 3.8) is 0 Å². The van der Waals surface area contributed by atoms with Gasteiger partial charge < -0.3 is 4.98 Å². The highest BCUT2D eigenvalue weighted by molar-refractivity contribution is 5.77. The van der Waals surface area contributed by atoms with Crippen LogP contribution in [-0.4, -0.2) is 56.7 Å². The Morgan fingerprint density at radius 2 is 2.10 bits per heavy atom. The number of rotatable bonds is 5. The number of hydrogen-bond donors (Lipinski definition) is 1. The van der Waals surface area contributed by atoms with Crippen molar-refractivity contribution in [1.29, 1.82) is 0 Å². The molecule has 7 heteroatoms. The van der Waals surface area contributed by atoms with E-state index in [4.69, 9.17) is 4.98 Å². The number of benzene rings is 1. The van der Waals surface area contributed by atoms with Gasteiger partial charge in [-0.1, -0.05) is 12.1 Å². The fourth-order valence-electron chi connectivity index (χ4n) is 4.61. The molecule has 4 rings (SSSR count). The Bertz CT molecular complexity index is 1040. The molecule has 3 atom stereocenters. The number of aromatic amines is 1. The number of H-pyrrole nitrogens is 1. The average molecular weight is 395 g/mol. The molecule has 0 bridgehead atoms. The highest BCUT2D eigenvalue weighted by atomic mass is 16.1. The molecule has 0 saturated carbocycles. The number of aromatic nitrogens is 4. The first-order valence-electron chi connectivity index (χ1n) is 10.3. The van der Waals surface area contributed by atoms with Crippen molar-refractivity contribution in [2.24, 2.45) is 13.0 Å². The van der Waals surface area contributed by atoms with Crippen LogP contribution < -0.4 is 5.56 Å². The third-order valence-electron chi connectivity index (χ3n) is 6.28. The zero-order valence-electron chi connectivity index (χ0n) is 17.7. The minimum atomic E-state index is -0.0727. The molecule has 7 nitrogen and oxygen atoms in total. The highest BCUT2D eigenvalue weighted by Gasteiger charge is 2.33. The SMILES string of the molecule is CC(c1nc2ccccc2c(=O)[nH]1)N(C)C[C@@H]1CCCN(C)[C@H]1c1cnn(C)c1. The van der Waals surface area contributed by atoms with Gasteiger partial charge in [0.1, 0.15) is 5.82 Å². The fraction of sp³-hybridized carbons (Fsp3) is 0.500. The number of fused-ring (bicyclic) bond motifs is 1. The number of para-hydroxylation sites is 1. The van der Waals surface area contributed by atoms with Gasteiger partial charge in [0.05, 0.1) is 23.1 Å². The Balaban J connectivity index is 1.56. The van der Waals surface area contributed by atoms with Crippen molar-refractivity contribution in [1.82, 2.24) is 29.5 Å². The molecule has 1 aliphatic rings. The van der Waals surface area contributed by atoms with Gasteiger partial charge in [-0.2, -0.15) is 5.10 Å². The van der Waals surface area contributed by atoms with E-state index in [1.807, 2.05) is 42.2 Å². The molecule has 1 saturated heterocycles. The molecule has 29 heavy (non-hydrogen) atoms. The van der Waals surface area contributed by atoms with Crippen molar-refractivity contribution >= 4 is 10.9 Å². The summed E-state index contributed by atoms with van der Waals surface area (Å²) in [5, 5.41) is 5.02. The van der Waals surface area contributed by atoms with E-state index in [0.29, 0.717) is 17.3 Å². The summed E-state index contributed by atoms with van der Waals surface area (Å²) in [5.41, 5.74) is 1.95. The predicted molar refractivity (Wildman–Crippen MR) is 115 cm³/mol. The second-order valence-corrected chi connectivity index (χ2v) is 8.36. The molecular formula is C22H30N6O. The lowest BCUT2D eigenvalue weighted by molar-refractivity contribution is 0.0827. The lowest BCUT2D eigenvalue weighted by Crippen LogP contribution is -2.41. The second kappa shape index (κ2) is 8.08. The third kappa shape index (κ3) is 3.97. The van der Waals surface area contributed by atoms with Crippen LogP contribution in [0, 0.1) is 5.92 Å². The van der Waals surface area contributed by atoms with Gasteiger partial charge >= 0.3 is 0 Å². The van der Waals surface area contributed by atoms with Crippen LogP contribution in [0.15, 0.2) is 41.5 Å². The summed E-state index contributed by atoms with van der Waals surface area (Å²) in [5.74, 6) is 1.22. The van der Waals surface area contributed by atoms with Crippen LogP contribution in [0.3, 0.4) is 0 Å². The molecule has 0 aliphatic carbocycles. The Labute approximate surface area is 171 Å². The Hall–Kier alpha value is -2.51. The normalized spacial score (nSPS) is 21.7. The van der Waals surface area contributed by atoms with Gasteiger partial charge in [0, 0.05) is 31.4 Å². The molecule has 1 aromatic carbocycles. The fourth-order valence-corrected chi connectivity index (χ4v) is 4.61. The van der Waals surface area contributed by atoms with Crippen molar-refractivity contribution in [2.45, 2.75) is 31.8 Å². The van der Waals surface area contributed by atoms with Crippen LogP contribution in [0.2, 0.25) is 0 Å². The summed E-state index contributed by atoms with van der Waals surface area (Å²) in [4.78, 5) is 24.9. The number of nitrogens with zero attached hydrogens (tertiary/aromatic N) is 5. The lowest BCUT2D eigenvalue weighted by atomic mass is 9.85. The topological polar surface area (TPSA) is 70.1 Å². The van der Waals surface area contributed by atoms with Gasteiger partial charge in [0.15, 0.2) is 0 Å². The molecule has 0 radical (unpaired) electrons. The number of nitrogens with one attached hydrogen (secondary N) is 1. The second-order valence-electron chi connectivity index (χ2n) is 8.36. The lowest BCUT2D eigenvalue weighted by Gasteiger charge is -2.41. The van der Waals surface area contributed by atoms with E-state index in [1.54, 1.807) is 0 Å². The van der Waals surface area contributed by atoms with E-state index in [-0.39, 0.29) is 11.6 Å². The monoisotopic (exact) mass is 394 g/mol. The van der Waals surface area contributed by atoms with Crippen molar-refractivity contribution in [2.75, 3.05) is 27.2 Å². The maximum Gasteiger partial charge on any atom is 0.258 e. The van der Waals surface area contributed by atoms with E-state index in [2.05, 4.69) is 47.1 Å². The quantitative estimate of drug-likeness (QED) is 0.721. The Kier molecular flexibility index (Phi) is 5.52. The van der Waals surface area contributed by atoms with Gasteiger partial charge in [-0.3, -0.25) is 19.3 Å². The van der Waals surface area contributed by atoms with Crippen LogP contribution in [0.1, 0.15) is 43.2 Å². The molecule has 1 aliphatic heterocycles. The summed E-state index contributed by atoms with van der Waals surface area (Å²) >= 11 is 0. The molecule has 3 heterocycles. The van der Waals surface area contributed by atoms with E-state index >= 15 is 0 Å². The molecule has 1 N–H and O–H groups in total. The number of aryl methyl sites for hydroxylation is 1. The maximum atomic E-state index is 12.5. The van der Waals surface area contributed by atoms with Gasteiger partial charge in [-0.05, 0) is 58.5 Å². The van der Waals surface area contributed by atoms with Crippen LogP contribution in [-0.2, 0) is 7.05 Å².